The maximum absolute atomic E-state index is 13.1. The van der Waals surface area contributed by atoms with Crippen LogP contribution in [0.25, 0.3) is 0 Å². The molecule has 0 aliphatic heterocycles. The molecule has 0 radical (unpaired) electrons. The van der Waals surface area contributed by atoms with Crippen molar-refractivity contribution in [3.8, 4) is 5.75 Å². The molecule has 1 amide bonds. The smallest absolute Gasteiger partial charge is 0.260 e. The van der Waals surface area contributed by atoms with Gasteiger partial charge >= 0.3 is 0 Å². The summed E-state index contributed by atoms with van der Waals surface area (Å²) in [6.45, 7) is 2.19. The van der Waals surface area contributed by atoms with Gasteiger partial charge in [-0.05, 0) is 31.9 Å². The Morgan fingerprint density at radius 1 is 1.44 bits per heavy atom. The summed E-state index contributed by atoms with van der Waals surface area (Å²) in [5.74, 6) is -0.0342. The molecule has 0 unspecified atom stereocenters. The van der Waals surface area contributed by atoms with Gasteiger partial charge in [-0.25, -0.2) is 9.37 Å². The molecule has 0 spiro atoms. The Morgan fingerprint density at radius 2 is 2.24 bits per heavy atom. The van der Waals surface area contributed by atoms with Crippen molar-refractivity contribution >= 4 is 5.91 Å². The maximum Gasteiger partial charge on any atom is 0.260 e. The molecule has 1 aromatic carbocycles. The Labute approximate surface area is 144 Å². The Bertz CT molecular complexity index is 817. The van der Waals surface area contributed by atoms with Gasteiger partial charge in [0.2, 0.25) is 0 Å². The van der Waals surface area contributed by atoms with Gasteiger partial charge in [0.1, 0.15) is 11.6 Å². The number of aromatic nitrogens is 2. The second-order valence-electron chi connectivity index (χ2n) is 6.13. The van der Waals surface area contributed by atoms with Gasteiger partial charge in [-0.3, -0.25) is 14.2 Å². The first kappa shape index (κ1) is 17.1. The van der Waals surface area contributed by atoms with E-state index in [1.165, 1.54) is 29.1 Å². The molecule has 1 atom stereocenters. The normalized spacial score (nSPS) is 14.8. The van der Waals surface area contributed by atoms with E-state index in [1.54, 1.807) is 19.1 Å². The number of nitrogens with zero attached hydrogens (tertiary/aromatic N) is 2. The van der Waals surface area contributed by atoms with Crippen molar-refractivity contribution in [1.82, 2.24) is 14.9 Å². The van der Waals surface area contributed by atoms with Crippen molar-refractivity contribution < 1.29 is 13.9 Å². The van der Waals surface area contributed by atoms with Crippen molar-refractivity contribution in [2.24, 2.45) is 0 Å². The lowest BCUT2D eigenvalue weighted by atomic mass is 10.3. The number of carbonyl (C=O) groups excluding carboxylic acids is 1. The van der Waals surface area contributed by atoms with E-state index in [1.807, 2.05) is 0 Å². The standard InChI is InChI=1S/C18H20FN3O3/c1-12(25-15-4-2-3-14(19)9-15)18(24)20-7-8-22-11-21-16(10-17(22)23)13-5-6-13/h2-4,9-13H,5-8H2,1H3,(H,20,24)/t12-/m1/s1. The highest BCUT2D eigenvalue weighted by atomic mass is 19.1. The van der Waals surface area contributed by atoms with Gasteiger partial charge in [-0.15, -0.1) is 0 Å². The third-order valence-electron chi connectivity index (χ3n) is 4.03. The molecule has 0 saturated heterocycles. The number of hydrogen-bond acceptors (Lipinski definition) is 4. The Hall–Kier alpha value is -2.70. The fourth-order valence-electron chi connectivity index (χ4n) is 2.45. The summed E-state index contributed by atoms with van der Waals surface area (Å²) in [4.78, 5) is 28.3. The monoisotopic (exact) mass is 345 g/mol. The average Bonchev–Trinajstić information content (AvgIpc) is 3.41. The zero-order valence-electron chi connectivity index (χ0n) is 13.9. The van der Waals surface area contributed by atoms with Crippen molar-refractivity contribution in [1.29, 1.82) is 0 Å². The maximum atomic E-state index is 13.1. The highest BCUT2D eigenvalue weighted by Gasteiger charge is 2.25. The van der Waals surface area contributed by atoms with Crippen LogP contribution in [0.3, 0.4) is 0 Å². The number of benzene rings is 1. The van der Waals surface area contributed by atoms with Gasteiger partial charge in [-0.2, -0.15) is 0 Å². The van der Waals surface area contributed by atoms with Crippen LogP contribution in [0, 0.1) is 5.82 Å². The minimum Gasteiger partial charge on any atom is -0.481 e. The van der Waals surface area contributed by atoms with Crippen LogP contribution >= 0.6 is 0 Å². The van der Waals surface area contributed by atoms with Crippen molar-refractivity contribution in [3.05, 3.63) is 58.5 Å². The molecule has 1 saturated carbocycles. The van der Waals surface area contributed by atoms with Crippen molar-refractivity contribution in [2.45, 2.75) is 38.3 Å². The topological polar surface area (TPSA) is 73.2 Å². The molecule has 1 aliphatic rings. The first-order chi connectivity index (χ1) is 12.0. The fraction of sp³-hybridized carbons (Fsp3) is 0.389. The average molecular weight is 345 g/mol. The molecule has 7 heteroatoms. The summed E-state index contributed by atoms with van der Waals surface area (Å²) in [6.07, 6.45) is 2.94. The summed E-state index contributed by atoms with van der Waals surface area (Å²) in [7, 11) is 0. The largest absolute Gasteiger partial charge is 0.481 e. The van der Waals surface area contributed by atoms with Crippen molar-refractivity contribution in [2.75, 3.05) is 6.54 Å². The van der Waals surface area contributed by atoms with E-state index in [2.05, 4.69) is 10.3 Å². The molecular weight excluding hydrogens is 325 g/mol. The van der Waals surface area contributed by atoms with Gasteiger partial charge in [0.15, 0.2) is 6.10 Å². The van der Waals surface area contributed by atoms with Crippen LogP contribution in [0.2, 0.25) is 0 Å². The second kappa shape index (κ2) is 7.46. The third-order valence-corrected chi connectivity index (χ3v) is 4.03. The minimum atomic E-state index is -0.770. The number of halogens is 1. The molecule has 1 heterocycles. The lowest BCUT2D eigenvalue weighted by molar-refractivity contribution is -0.127. The van der Waals surface area contributed by atoms with Gasteiger partial charge in [0, 0.05) is 31.1 Å². The summed E-state index contributed by atoms with van der Waals surface area (Å²) in [5.41, 5.74) is 0.734. The number of ether oxygens (including phenoxy) is 1. The predicted octanol–water partition coefficient (Wildman–Crippen LogP) is 1.84. The summed E-state index contributed by atoms with van der Waals surface area (Å²) in [6, 6.07) is 7.18. The molecule has 2 aromatic rings. The highest BCUT2D eigenvalue weighted by molar-refractivity contribution is 5.80. The summed E-state index contributed by atoms with van der Waals surface area (Å²) < 4.78 is 20.0. The Morgan fingerprint density at radius 3 is 2.92 bits per heavy atom. The zero-order chi connectivity index (χ0) is 17.8. The number of carbonyl (C=O) groups is 1. The summed E-state index contributed by atoms with van der Waals surface area (Å²) in [5, 5.41) is 2.70. The second-order valence-corrected chi connectivity index (χ2v) is 6.13. The van der Waals surface area contributed by atoms with Crippen LogP contribution in [0.5, 0.6) is 5.75 Å². The van der Waals surface area contributed by atoms with Crippen LogP contribution in [0.4, 0.5) is 4.39 Å². The fourth-order valence-corrected chi connectivity index (χ4v) is 2.45. The molecule has 132 valence electrons. The van der Waals surface area contributed by atoms with E-state index in [9.17, 15) is 14.0 Å². The van der Waals surface area contributed by atoms with Crippen LogP contribution < -0.4 is 15.6 Å². The highest BCUT2D eigenvalue weighted by Crippen LogP contribution is 2.38. The van der Waals surface area contributed by atoms with Gasteiger partial charge in [-0.1, -0.05) is 6.07 Å². The van der Waals surface area contributed by atoms with Gasteiger partial charge in [0.25, 0.3) is 11.5 Å². The Kier molecular flexibility index (Phi) is 5.11. The summed E-state index contributed by atoms with van der Waals surface area (Å²) >= 11 is 0. The van der Waals surface area contributed by atoms with E-state index in [0.717, 1.165) is 18.5 Å². The molecule has 3 rings (SSSR count). The number of nitrogens with one attached hydrogen (secondary N) is 1. The first-order valence-corrected chi connectivity index (χ1v) is 8.29. The number of amides is 1. The molecule has 1 N–H and O–H groups in total. The van der Waals surface area contributed by atoms with Crippen LogP contribution in [0.15, 0.2) is 41.5 Å². The van der Waals surface area contributed by atoms with E-state index >= 15 is 0 Å². The molecule has 1 aromatic heterocycles. The van der Waals surface area contributed by atoms with E-state index < -0.39 is 11.9 Å². The molecule has 0 bridgehead atoms. The van der Waals surface area contributed by atoms with Crippen LogP contribution in [-0.4, -0.2) is 28.1 Å². The molecule has 6 nitrogen and oxygen atoms in total. The zero-order valence-corrected chi connectivity index (χ0v) is 13.9. The van der Waals surface area contributed by atoms with Crippen molar-refractivity contribution in [3.63, 3.8) is 0 Å². The molecule has 1 aliphatic carbocycles. The third kappa shape index (κ3) is 4.65. The molecule has 25 heavy (non-hydrogen) atoms. The van der Waals surface area contributed by atoms with Crippen LogP contribution in [-0.2, 0) is 11.3 Å². The minimum absolute atomic E-state index is 0.116. The number of hydrogen-bond donors (Lipinski definition) is 1. The predicted molar refractivity (Wildman–Crippen MR) is 90.0 cm³/mol. The first-order valence-electron chi connectivity index (χ1n) is 8.29. The van der Waals surface area contributed by atoms with Crippen LogP contribution in [0.1, 0.15) is 31.4 Å². The van der Waals surface area contributed by atoms with E-state index in [0.29, 0.717) is 18.2 Å². The SMILES string of the molecule is C[C@@H](Oc1cccc(F)c1)C(=O)NCCn1cnc(C2CC2)cc1=O. The molecule has 1 fully saturated rings. The van der Waals surface area contributed by atoms with E-state index in [4.69, 9.17) is 4.74 Å². The lowest BCUT2D eigenvalue weighted by Gasteiger charge is -2.15. The molecular formula is C18H20FN3O3. The quantitative estimate of drug-likeness (QED) is 0.831. The van der Waals surface area contributed by atoms with Gasteiger partial charge < -0.3 is 10.1 Å². The Balaban J connectivity index is 1.48. The number of rotatable bonds is 7. The van der Waals surface area contributed by atoms with Gasteiger partial charge in [0.05, 0.1) is 12.0 Å². The lowest BCUT2D eigenvalue weighted by Crippen LogP contribution is -2.38. The van der Waals surface area contributed by atoms with E-state index in [-0.39, 0.29) is 18.0 Å².